The van der Waals surface area contributed by atoms with Crippen LogP contribution in [0.4, 0.5) is 0 Å². The van der Waals surface area contributed by atoms with Gasteiger partial charge in [-0.3, -0.25) is 0 Å². The number of benzene rings is 2. The highest BCUT2D eigenvalue weighted by molar-refractivity contribution is 6.31. The number of hydrogen-bond acceptors (Lipinski definition) is 3. The summed E-state index contributed by atoms with van der Waals surface area (Å²) in [5.74, 6) is 1.55. The number of methoxy groups -OCH3 is 2. The number of rotatable bonds is 5. The molecule has 0 aromatic heterocycles. The van der Waals surface area contributed by atoms with Gasteiger partial charge in [0.1, 0.15) is 11.5 Å². The second kappa shape index (κ2) is 6.64. The van der Waals surface area contributed by atoms with Crippen molar-refractivity contribution in [3.8, 4) is 22.6 Å². The molecule has 0 aliphatic heterocycles. The van der Waals surface area contributed by atoms with Gasteiger partial charge in [0.2, 0.25) is 0 Å². The van der Waals surface area contributed by atoms with Gasteiger partial charge in [-0.25, -0.2) is 0 Å². The lowest BCUT2D eigenvalue weighted by Crippen LogP contribution is -2.05. The Morgan fingerprint density at radius 2 is 1.85 bits per heavy atom. The van der Waals surface area contributed by atoms with Gasteiger partial charge in [0, 0.05) is 23.2 Å². The second-order valence-electron chi connectivity index (χ2n) is 4.40. The van der Waals surface area contributed by atoms with Crippen molar-refractivity contribution in [3.05, 3.63) is 47.0 Å². The summed E-state index contributed by atoms with van der Waals surface area (Å²) in [6.45, 7) is 0.727. The molecule has 0 spiro atoms. The molecule has 106 valence electrons. The van der Waals surface area contributed by atoms with Gasteiger partial charge in [-0.1, -0.05) is 17.7 Å². The Bertz CT molecular complexity index is 599. The first-order valence-electron chi connectivity index (χ1n) is 6.35. The number of nitrogens with one attached hydrogen (secondary N) is 1. The summed E-state index contributed by atoms with van der Waals surface area (Å²) in [7, 11) is 5.20. The monoisotopic (exact) mass is 291 g/mol. The lowest BCUT2D eigenvalue weighted by molar-refractivity contribution is 0.395. The summed E-state index contributed by atoms with van der Waals surface area (Å²) in [5.41, 5.74) is 3.14. The van der Waals surface area contributed by atoms with Crippen molar-refractivity contribution in [1.29, 1.82) is 0 Å². The third-order valence-corrected chi connectivity index (χ3v) is 3.50. The SMILES string of the molecule is CNCc1cc(-c2ccc(OC)cc2OC)ccc1Cl. The van der Waals surface area contributed by atoms with E-state index >= 15 is 0 Å². The van der Waals surface area contributed by atoms with Crippen LogP contribution in [0.1, 0.15) is 5.56 Å². The predicted molar refractivity (Wildman–Crippen MR) is 82.8 cm³/mol. The van der Waals surface area contributed by atoms with Crippen LogP contribution < -0.4 is 14.8 Å². The van der Waals surface area contributed by atoms with E-state index in [2.05, 4.69) is 11.4 Å². The van der Waals surface area contributed by atoms with E-state index in [1.807, 2.05) is 37.4 Å². The lowest BCUT2D eigenvalue weighted by atomic mass is 10.0. The molecule has 0 aliphatic carbocycles. The van der Waals surface area contributed by atoms with E-state index in [0.717, 1.165) is 39.8 Å². The molecule has 2 aromatic rings. The summed E-state index contributed by atoms with van der Waals surface area (Å²) in [6.07, 6.45) is 0. The molecule has 0 saturated heterocycles. The number of halogens is 1. The molecule has 0 unspecified atom stereocenters. The fourth-order valence-electron chi connectivity index (χ4n) is 2.11. The standard InChI is InChI=1S/C16H18ClNO2/c1-18-10-12-8-11(4-7-15(12)17)14-6-5-13(19-2)9-16(14)20-3/h4-9,18H,10H2,1-3H3. The maximum Gasteiger partial charge on any atom is 0.130 e. The van der Waals surface area contributed by atoms with E-state index in [1.165, 1.54) is 0 Å². The molecule has 4 heteroatoms. The van der Waals surface area contributed by atoms with E-state index in [-0.39, 0.29) is 0 Å². The molecule has 0 fully saturated rings. The van der Waals surface area contributed by atoms with Gasteiger partial charge in [0.25, 0.3) is 0 Å². The van der Waals surface area contributed by atoms with Gasteiger partial charge in [-0.15, -0.1) is 0 Å². The van der Waals surface area contributed by atoms with Crippen LogP contribution in [0.15, 0.2) is 36.4 Å². The Kier molecular flexibility index (Phi) is 4.88. The quantitative estimate of drug-likeness (QED) is 0.910. The fourth-order valence-corrected chi connectivity index (χ4v) is 2.29. The molecule has 0 aliphatic rings. The molecule has 1 N–H and O–H groups in total. The van der Waals surface area contributed by atoms with Crippen LogP contribution in [0.25, 0.3) is 11.1 Å². The van der Waals surface area contributed by atoms with Crippen molar-refractivity contribution in [2.24, 2.45) is 0 Å². The normalized spacial score (nSPS) is 10.4. The van der Waals surface area contributed by atoms with Gasteiger partial charge < -0.3 is 14.8 Å². The van der Waals surface area contributed by atoms with Crippen LogP contribution in [0.5, 0.6) is 11.5 Å². The van der Waals surface area contributed by atoms with Gasteiger partial charge in [-0.05, 0) is 42.4 Å². The zero-order chi connectivity index (χ0) is 14.5. The number of hydrogen-bond donors (Lipinski definition) is 1. The van der Waals surface area contributed by atoms with Crippen LogP contribution in [-0.2, 0) is 6.54 Å². The van der Waals surface area contributed by atoms with Crippen molar-refractivity contribution < 1.29 is 9.47 Å². The molecule has 0 bridgehead atoms. The third kappa shape index (κ3) is 3.06. The Labute approximate surface area is 124 Å². The average molecular weight is 292 g/mol. The highest BCUT2D eigenvalue weighted by Crippen LogP contribution is 2.34. The third-order valence-electron chi connectivity index (χ3n) is 3.13. The van der Waals surface area contributed by atoms with Crippen molar-refractivity contribution in [1.82, 2.24) is 5.32 Å². The Balaban J connectivity index is 2.48. The van der Waals surface area contributed by atoms with Crippen LogP contribution in [0.3, 0.4) is 0 Å². The van der Waals surface area contributed by atoms with E-state index in [4.69, 9.17) is 21.1 Å². The maximum absolute atomic E-state index is 6.19. The largest absolute Gasteiger partial charge is 0.497 e. The van der Waals surface area contributed by atoms with Gasteiger partial charge in [0.05, 0.1) is 14.2 Å². The van der Waals surface area contributed by atoms with E-state index < -0.39 is 0 Å². The van der Waals surface area contributed by atoms with Crippen molar-refractivity contribution in [2.75, 3.05) is 21.3 Å². The molecular formula is C16H18ClNO2. The molecular weight excluding hydrogens is 274 g/mol. The highest BCUT2D eigenvalue weighted by Gasteiger charge is 2.09. The van der Waals surface area contributed by atoms with Crippen LogP contribution in [0.2, 0.25) is 5.02 Å². The van der Waals surface area contributed by atoms with E-state index in [9.17, 15) is 0 Å². The Morgan fingerprint density at radius 3 is 2.50 bits per heavy atom. The maximum atomic E-state index is 6.19. The molecule has 3 nitrogen and oxygen atoms in total. The highest BCUT2D eigenvalue weighted by atomic mass is 35.5. The van der Waals surface area contributed by atoms with Gasteiger partial charge in [-0.2, -0.15) is 0 Å². The molecule has 0 amide bonds. The summed E-state index contributed by atoms with van der Waals surface area (Å²) in [6, 6.07) is 11.8. The second-order valence-corrected chi connectivity index (χ2v) is 4.81. The molecule has 0 radical (unpaired) electrons. The molecule has 20 heavy (non-hydrogen) atoms. The van der Waals surface area contributed by atoms with E-state index in [1.54, 1.807) is 14.2 Å². The fraction of sp³-hybridized carbons (Fsp3) is 0.250. The molecule has 0 saturated carbocycles. The predicted octanol–water partition coefficient (Wildman–Crippen LogP) is 3.74. The average Bonchev–Trinajstić information content (AvgIpc) is 2.49. The van der Waals surface area contributed by atoms with Crippen LogP contribution >= 0.6 is 11.6 Å². The smallest absolute Gasteiger partial charge is 0.130 e. The first kappa shape index (κ1) is 14.7. The Hall–Kier alpha value is -1.71. The summed E-state index contributed by atoms with van der Waals surface area (Å²) >= 11 is 6.19. The minimum absolute atomic E-state index is 0.727. The summed E-state index contributed by atoms with van der Waals surface area (Å²) in [5, 5.41) is 3.87. The van der Waals surface area contributed by atoms with Crippen LogP contribution in [-0.4, -0.2) is 21.3 Å². The topological polar surface area (TPSA) is 30.5 Å². The van der Waals surface area contributed by atoms with Crippen molar-refractivity contribution >= 4 is 11.6 Å². The Morgan fingerprint density at radius 1 is 1.05 bits per heavy atom. The minimum atomic E-state index is 0.727. The van der Waals surface area contributed by atoms with Crippen LogP contribution in [0, 0.1) is 0 Å². The zero-order valence-corrected chi connectivity index (χ0v) is 12.6. The van der Waals surface area contributed by atoms with Gasteiger partial charge in [0.15, 0.2) is 0 Å². The van der Waals surface area contributed by atoms with Gasteiger partial charge >= 0.3 is 0 Å². The summed E-state index contributed by atoms with van der Waals surface area (Å²) in [4.78, 5) is 0. The molecule has 2 aromatic carbocycles. The first-order valence-corrected chi connectivity index (χ1v) is 6.72. The minimum Gasteiger partial charge on any atom is -0.497 e. The molecule has 2 rings (SSSR count). The zero-order valence-electron chi connectivity index (χ0n) is 11.9. The van der Waals surface area contributed by atoms with E-state index in [0.29, 0.717) is 0 Å². The van der Waals surface area contributed by atoms with Crippen molar-refractivity contribution in [3.63, 3.8) is 0 Å². The molecule has 0 atom stereocenters. The number of ether oxygens (including phenoxy) is 2. The van der Waals surface area contributed by atoms with Crippen molar-refractivity contribution in [2.45, 2.75) is 6.54 Å². The molecule has 0 heterocycles. The lowest BCUT2D eigenvalue weighted by Gasteiger charge is -2.12. The first-order chi connectivity index (χ1) is 9.69. The summed E-state index contributed by atoms with van der Waals surface area (Å²) < 4.78 is 10.7.